The molecule has 0 fully saturated rings. The Labute approximate surface area is 162 Å². The van der Waals surface area contributed by atoms with Crippen LogP contribution in [0.1, 0.15) is 33.4 Å². The minimum Gasteiger partial charge on any atom is -0.465 e. The zero-order valence-electron chi connectivity index (χ0n) is 15.4. The number of ether oxygens (including phenoxy) is 1. The number of methoxy groups -OCH3 is 1. The van der Waals surface area contributed by atoms with E-state index >= 15 is 0 Å². The molecule has 0 saturated heterocycles. The van der Waals surface area contributed by atoms with E-state index in [1.807, 2.05) is 30.3 Å². The quantitative estimate of drug-likeness (QED) is 0.686. The fourth-order valence-electron chi connectivity index (χ4n) is 3.47. The van der Waals surface area contributed by atoms with E-state index in [0.29, 0.717) is 24.2 Å². The summed E-state index contributed by atoms with van der Waals surface area (Å²) in [5.74, 6) is -0.413. The average Bonchev–Trinajstić information content (AvgIpc) is 3.22. The highest BCUT2D eigenvalue weighted by molar-refractivity contribution is 5.92. The van der Waals surface area contributed by atoms with Gasteiger partial charge in [-0.1, -0.05) is 30.3 Å². The molecule has 7 nitrogen and oxygen atoms in total. The van der Waals surface area contributed by atoms with Crippen molar-refractivity contribution in [2.75, 3.05) is 19.0 Å². The Morgan fingerprint density at radius 1 is 1.14 bits per heavy atom. The fourth-order valence-corrected chi connectivity index (χ4v) is 3.47. The Morgan fingerprint density at radius 2 is 1.89 bits per heavy atom. The summed E-state index contributed by atoms with van der Waals surface area (Å²) in [5, 5.41) is 2.92. The van der Waals surface area contributed by atoms with Gasteiger partial charge in [0.15, 0.2) is 0 Å². The van der Waals surface area contributed by atoms with Gasteiger partial charge < -0.3 is 19.9 Å². The lowest BCUT2D eigenvalue weighted by Crippen LogP contribution is -2.43. The van der Waals surface area contributed by atoms with E-state index in [0.717, 1.165) is 17.0 Å². The number of carbonyl (C=O) groups excluding carboxylic acids is 2. The second kappa shape index (κ2) is 7.56. The van der Waals surface area contributed by atoms with Crippen molar-refractivity contribution in [2.24, 2.45) is 0 Å². The van der Waals surface area contributed by atoms with Gasteiger partial charge in [-0.2, -0.15) is 0 Å². The maximum atomic E-state index is 13.0. The number of benzene rings is 2. The van der Waals surface area contributed by atoms with Crippen molar-refractivity contribution in [2.45, 2.75) is 12.5 Å². The number of hydrogen-bond donors (Lipinski definition) is 2. The third-order valence-electron chi connectivity index (χ3n) is 4.86. The summed E-state index contributed by atoms with van der Waals surface area (Å²) in [5.41, 5.74) is 3.97. The number of amides is 2. The average molecular weight is 376 g/mol. The third kappa shape index (κ3) is 3.34. The molecule has 2 N–H and O–H groups in total. The van der Waals surface area contributed by atoms with Gasteiger partial charge in [0.2, 0.25) is 0 Å². The number of anilines is 1. The zero-order valence-corrected chi connectivity index (χ0v) is 15.4. The van der Waals surface area contributed by atoms with Gasteiger partial charge in [-0.15, -0.1) is 0 Å². The summed E-state index contributed by atoms with van der Waals surface area (Å²) in [7, 11) is 1.33. The Balaban J connectivity index is 1.58. The van der Waals surface area contributed by atoms with E-state index in [9.17, 15) is 9.59 Å². The number of esters is 1. The highest BCUT2D eigenvalue weighted by atomic mass is 16.5. The zero-order chi connectivity index (χ0) is 19.5. The molecule has 0 spiro atoms. The van der Waals surface area contributed by atoms with E-state index in [-0.39, 0.29) is 12.1 Å². The molecule has 7 heteroatoms. The van der Waals surface area contributed by atoms with Crippen LogP contribution in [0.4, 0.5) is 10.5 Å². The van der Waals surface area contributed by atoms with Crippen molar-refractivity contribution in [1.29, 1.82) is 0 Å². The summed E-state index contributed by atoms with van der Waals surface area (Å²) in [6.07, 6.45) is 2.39. The van der Waals surface area contributed by atoms with Gasteiger partial charge in [-0.05, 0) is 29.8 Å². The van der Waals surface area contributed by atoms with Crippen molar-refractivity contribution in [3.05, 3.63) is 83.4 Å². The van der Waals surface area contributed by atoms with E-state index in [1.54, 1.807) is 35.5 Å². The summed E-state index contributed by atoms with van der Waals surface area (Å²) in [6, 6.07) is 16.0. The first-order valence-electron chi connectivity index (χ1n) is 9.00. The minimum atomic E-state index is -0.413. The van der Waals surface area contributed by atoms with Crippen molar-refractivity contribution >= 4 is 17.7 Å². The number of rotatable bonds is 3. The standard InChI is InChI=1S/C21H20N4O3/c1-28-20(26)15-7-9-16(10-8-15)24-21(27)25-12-11-17-18(23-13-22-17)19(25)14-5-3-2-4-6-14/h2-10,13,19H,11-12H2,1H3,(H,22,23)(H,24,27)/t19-/m0/s1. The molecule has 142 valence electrons. The number of nitrogens with zero attached hydrogens (tertiary/aromatic N) is 2. The predicted octanol–water partition coefficient (Wildman–Crippen LogP) is 3.38. The van der Waals surface area contributed by atoms with Crippen molar-refractivity contribution in [1.82, 2.24) is 14.9 Å². The first-order valence-corrected chi connectivity index (χ1v) is 9.00. The highest BCUT2D eigenvalue weighted by Gasteiger charge is 2.34. The molecule has 4 rings (SSSR count). The number of imidazole rings is 1. The largest absolute Gasteiger partial charge is 0.465 e. The van der Waals surface area contributed by atoms with Gasteiger partial charge in [0.25, 0.3) is 0 Å². The van der Waals surface area contributed by atoms with Gasteiger partial charge in [-0.25, -0.2) is 14.6 Å². The fraction of sp³-hybridized carbons (Fsp3) is 0.190. The highest BCUT2D eigenvalue weighted by Crippen LogP contribution is 2.33. The molecular weight excluding hydrogens is 356 g/mol. The maximum Gasteiger partial charge on any atom is 0.337 e. The Bertz CT molecular complexity index is 982. The van der Waals surface area contributed by atoms with E-state index in [2.05, 4.69) is 15.3 Å². The van der Waals surface area contributed by atoms with Crippen LogP contribution in [0.25, 0.3) is 0 Å². The third-order valence-corrected chi connectivity index (χ3v) is 4.86. The number of urea groups is 1. The topological polar surface area (TPSA) is 87.3 Å². The number of aromatic nitrogens is 2. The van der Waals surface area contributed by atoms with Crippen LogP contribution in [-0.4, -0.2) is 40.5 Å². The molecule has 28 heavy (non-hydrogen) atoms. The lowest BCUT2D eigenvalue weighted by molar-refractivity contribution is 0.0600. The molecule has 1 aliphatic heterocycles. The number of carbonyl (C=O) groups is 2. The molecule has 0 saturated carbocycles. The van der Waals surface area contributed by atoms with Gasteiger partial charge in [0, 0.05) is 24.3 Å². The molecule has 1 aromatic heterocycles. The number of fused-ring (bicyclic) bond motifs is 1. The van der Waals surface area contributed by atoms with Gasteiger partial charge in [0.1, 0.15) is 6.04 Å². The summed E-state index contributed by atoms with van der Waals surface area (Å²) < 4.78 is 4.70. The van der Waals surface area contributed by atoms with Crippen molar-refractivity contribution < 1.29 is 14.3 Å². The van der Waals surface area contributed by atoms with Crippen LogP contribution in [0.15, 0.2) is 60.9 Å². The van der Waals surface area contributed by atoms with Crippen molar-refractivity contribution in [3.63, 3.8) is 0 Å². The van der Waals surface area contributed by atoms with Gasteiger partial charge in [-0.3, -0.25) is 0 Å². The normalized spacial score (nSPS) is 15.6. The van der Waals surface area contributed by atoms with Crippen LogP contribution in [0.3, 0.4) is 0 Å². The van der Waals surface area contributed by atoms with Crippen LogP contribution in [0, 0.1) is 0 Å². The van der Waals surface area contributed by atoms with Crippen LogP contribution >= 0.6 is 0 Å². The first-order chi connectivity index (χ1) is 13.7. The van der Waals surface area contributed by atoms with Crippen LogP contribution in [0.5, 0.6) is 0 Å². The van der Waals surface area contributed by atoms with E-state index in [4.69, 9.17) is 4.74 Å². The summed E-state index contributed by atoms with van der Waals surface area (Å²) >= 11 is 0. The molecule has 0 aliphatic carbocycles. The molecule has 3 aromatic rings. The molecule has 2 amide bonds. The Hall–Kier alpha value is -3.61. The molecule has 2 heterocycles. The lowest BCUT2D eigenvalue weighted by Gasteiger charge is -2.35. The number of aromatic amines is 1. The first kappa shape index (κ1) is 17.8. The molecule has 2 aromatic carbocycles. The Kier molecular flexibility index (Phi) is 4.80. The molecule has 1 atom stereocenters. The summed E-state index contributed by atoms with van der Waals surface area (Å²) in [6.45, 7) is 0.570. The van der Waals surface area contributed by atoms with Gasteiger partial charge >= 0.3 is 12.0 Å². The van der Waals surface area contributed by atoms with E-state index in [1.165, 1.54) is 7.11 Å². The monoisotopic (exact) mass is 376 g/mol. The van der Waals surface area contributed by atoms with E-state index < -0.39 is 5.97 Å². The maximum absolute atomic E-state index is 13.0. The number of hydrogen-bond acceptors (Lipinski definition) is 4. The minimum absolute atomic E-state index is 0.215. The van der Waals surface area contributed by atoms with Crippen LogP contribution in [-0.2, 0) is 11.2 Å². The smallest absolute Gasteiger partial charge is 0.337 e. The molecular formula is C21H20N4O3. The number of nitrogens with one attached hydrogen (secondary N) is 2. The van der Waals surface area contributed by atoms with Crippen LogP contribution in [0.2, 0.25) is 0 Å². The van der Waals surface area contributed by atoms with Crippen molar-refractivity contribution in [3.8, 4) is 0 Å². The SMILES string of the molecule is COC(=O)c1ccc(NC(=O)N2CCc3[nH]cnc3[C@@H]2c2ccccc2)cc1. The molecule has 0 unspecified atom stereocenters. The molecule has 1 aliphatic rings. The van der Waals surface area contributed by atoms with Crippen LogP contribution < -0.4 is 5.32 Å². The lowest BCUT2D eigenvalue weighted by atomic mass is 9.96. The molecule has 0 radical (unpaired) electrons. The molecule has 0 bridgehead atoms. The summed E-state index contributed by atoms with van der Waals surface area (Å²) in [4.78, 5) is 34.0. The predicted molar refractivity (Wildman–Crippen MR) is 104 cm³/mol. The second-order valence-corrected chi connectivity index (χ2v) is 6.52. The number of H-pyrrole nitrogens is 1. The second-order valence-electron chi connectivity index (χ2n) is 6.52. The Morgan fingerprint density at radius 3 is 2.61 bits per heavy atom. The van der Waals surface area contributed by atoms with Gasteiger partial charge in [0.05, 0.1) is 24.7 Å².